The van der Waals surface area contributed by atoms with Crippen LogP contribution in [0.4, 0.5) is 5.69 Å². The van der Waals surface area contributed by atoms with Crippen molar-refractivity contribution in [3.63, 3.8) is 0 Å². The predicted octanol–water partition coefficient (Wildman–Crippen LogP) is 2.07. The topological polar surface area (TPSA) is 39.1 Å². The number of rotatable bonds is 4. The third-order valence-electron chi connectivity index (χ3n) is 2.99. The van der Waals surface area contributed by atoms with E-state index in [0.29, 0.717) is 0 Å². The van der Waals surface area contributed by atoms with Crippen molar-refractivity contribution < 1.29 is 0 Å². The van der Waals surface area contributed by atoms with Crippen LogP contribution in [0.15, 0.2) is 24.3 Å². The zero-order valence-corrected chi connectivity index (χ0v) is 9.45. The van der Waals surface area contributed by atoms with Crippen LogP contribution in [0, 0.1) is 11.3 Å². The minimum absolute atomic E-state index is 0.726. The van der Waals surface area contributed by atoms with Gasteiger partial charge in [-0.1, -0.05) is 12.1 Å². The molecule has 16 heavy (non-hydrogen) atoms. The minimum Gasteiger partial charge on any atom is -0.383 e. The summed E-state index contributed by atoms with van der Waals surface area (Å²) in [6.45, 7) is 4.43. The molecule has 1 N–H and O–H groups in total. The van der Waals surface area contributed by atoms with Crippen LogP contribution in [0.2, 0.25) is 0 Å². The monoisotopic (exact) mass is 215 g/mol. The fourth-order valence-electron chi connectivity index (χ4n) is 2.09. The standard InChI is InChI=1S/C13H17N3/c14-11-12-5-1-2-6-13(12)15-7-10-16-8-3-4-9-16/h1-2,5-6,15H,3-4,7-10H2. The quantitative estimate of drug-likeness (QED) is 0.835. The summed E-state index contributed by atoms with van der Waals surface area (Å²) in [7, 11) is 0. The van der Waals surface area contributed by atoms with Crippen molar-refractivity contribution in [3.05, 3.63) is 29.8 Å². The van der Waals surface area contributed by atoms with Crippen LogP contribution in [0.3, 0.4) is 0 Å². The summed E-state index contributed by atoms with van der Waals surface area (Å²) in [5.41, 5.74) is 1.67. The van der Waals surface area contributed by atoms with Crippen molar-refractivity contribution in [2.75, 3.05) is 31.5 Å². The number of hydrogen-bond acceptors (Lipinski definition) is 3. The molecular formula is C13H17N3. The molecule has 1 heterocycles. The summed E-state index contributed by atoms with van der Waals surface area (Å²) < 4.78 is 0. The zero-order valence-electron chi connectivity index (χ0n) is 9.45. The fraction of sp³-hybridized carbons (Fsp3) is 0.462. The van der Waals surface area contributed by atoms with E-state index in [9.17, 15) is 0 Å². The van der Waals surface area contributed by atoms with Crippen LogP contribution in [0.25, 0.3) is 0 Å². The maximum atomic E-state index is 8.93. The van der Waals surface area contributed by atoms with Crippen molar-refractivity contribution in [2.24, 2.45) is 0 Å². The molecule has 0 unspecified atom stereocenters. The molecule has 3 nitrogen and oxygen atoms in total. The Morgan fingerprint density at radius 3 is 2.75 bits per heavy atom. The molecule has 2 rings (SSSR count). The van der Waals surface area contributed by atoms with Gasteiger partial charge in [0.05, 0.1) is 11.3 Å². The Kier molecular flexibility index (Phi) is 3.79. The second kappa shape index (κ2) is 5.53. The van der Waals surface area contributed by atoms with E-state index in [1.807, 2.05) is 24.3 Å². The predicted molar refractivity (Wildman–Crippen MR) is 65.3 cm³/mol. The molecule has 1 fully saturated rings. The average molecular weight is 215 g/mol. The number of nitrogens with one attached hydrogen (secondary N) is 1. The van der Waals surface area contributed by atoms with Crippen LogP contribution >= 0.6 is 0 Å². The van der Waals surface area contributed by atoms with Crippen molar-refractivity contribution in [3.8, 4) is 6.07 Å². The second-order valence-electron chi connectivity index (χ2n) is 4.13. The molecule has 1 aromatic carbocycles. The Labute approximate surface area is 96.7 Å². The number of nitrogens with zero attached hydrogens (tertiary/aromatic N) is 2. The highest BCUT2D eigenvalue weighted by atomic mass is 15.1. The maximum Gasteiger partial charge on any atom is 0.101 e. The smallest absolute Gasteiger partial charge is 0.101 e. The number of para-hydroxylation sites is 1. The SMILES string of the molecule is N#Cc1ccccc1NCCN1CCCC1. The van der Waals surface area contributed by atoms with E-state index in [1.165, 1.54) is 25.9 Å². The number of anilines is 1. The van der Waals surface area contributed by atoms with E-state index in [0.717, 1.165) is 24.3 Å². The lowest BCUT2D eigenvalue weighted by molar-refractivity contribution is 0.352. The summed E-state index contributed by atoms with van der Waals surface area (Å²) in [6, 6.07) is 9.85. The summed E-state index contributed by atoms with van der Waals surface area (Å²) >= 11 is 0. The lowest BCUT2D eigenvalue weighted by Crippen LogP contribution is -2.26. The highest BCUT2D eigenvalue weighted by Gasteiger charge is 2.10. The third kappa shape index (κ3) is 2.74. The number of hydrogen-bond donors (Lipinski definition) is 1. The molecule has 0 atom stereocenters. The Morgan fingerprint density at radius 2 is 2.00 bits per heavy atom. The molecule has 1 aliphatic rings. The first-order chi connectivity index (χ1) is 7.90. The van der Waals surface area contributed by atoms with Crippen LogP contribution in [0.1, 0.15) is 18.4 Å². The van der Waals surface area contributed by atoms with Crippen molar-refractivity contribution in [1.29, 1.82) is 5.26 Å². The second-order valence-corrected chi connectivity index (χ2v) is 4.13. The third-order valence-corrected chi connectivity index (χ3v) is 2.99. The molecule has 0 aromatic heterocycles. The van der Waals surface area contributed by atoms with Crippen molar-refractivity contribution in [2.45, 2.75) is 12.8 Å². The minimum atomic E-state index is 0.726. The number of benzene rings is 1. The van der Waals surface area contributed by atoms with Crippen LogP contribution in [-0.2, 0) is 0 Å². The van der Waals surface area contributed by atoms with Gasteiger partial charge in [-0.05, 0) is 38.1 Å². The van der Waals surface area contributed by atoms with E-state index in [4.69, 9.17) is 5.26 Å². The van der Waals surface area contributed by atoms with Gasteiger partial charge in [0, 0.05) is 13.1 Å². The Hall–Kier alpha value is -1.53. The largest absolute Gasteiger partial charge is 0.383 e. The Morgan fingerprint density at radius 1 is 1.25 bits per heavy atom. The molecule has 0 saturated carbocycles. The molecule has 0 spiro atoms. The summed E-state index contributed by atoms with van der Waals surface area (Å²) in [6.07, 6.45) is 2.66. The lowest BCUT2D eigenvalue weighted by atomic mass is 10.2. The van der Waals surface area contributed by atoms with Gasteiger partial charge in [-0.25, -0.2) is 0 Å². The van der Waals surface area contributed by atoms with Gasteiger partial charge in [0.1, 0.15) is 6.07 Å². The van der Waals surface area contributed by atoms with E-state index < -0.39 is 0 Å². The normalized spacial score (nSPS) is 15.9. The first kappa shape index (κ1) is 11.0. The number of likely N-dealkylation sites (tertiary alicyclic amines) is 1. The van der Waals surface area contributed by atoms with E-state index in [-0.39, 0.29) is 0 Å². The van der Waals surface area contributed by atoms with Crippen LogP contribution < -0.4 is 5.32 Å². The van der Waals surface area contributed by atoms with Gasteiger partial charge in [-0.3, -0.25) is 0 Å². The van der Waals surface area contributed by atoms with Gasteiger partial charge in [0.15, 0.2) is 0 Å². The molecule has 0 radical (unpaired) electrons. The van der Waals surface area contributed by atoms with E-state index in [1.54, 1.807) is 0 Å². The molecule has 0 bridgehead atoms. The van der Waals surface area contributed by atoms with Crippen molar-refractivity contribution >= 4 is 5.69 Å². The number of nitriles is 1. The molecule has 0 aliphatic carbocycles. The fourth-order valence-corrected chi connectivity index (χ4v) is 2.09. The maximum absolute atomic E-state index is 8.93. The molecule has 3 heteroatoms. The van der Waals surface area contributed by atoms with Gasteiger partial charge in [-0.15, -0.1) is 0 Å². The Bertz CT molecular complexity index is 375. The summed E-state index contributed by atoms with van der Waals surface area (Å²) in [5.74, 6) is 0. The van der Waals surface area contributed by atoms with Crippen LogP contribution in [-0.4, -0.2) is 31.1 Å². The van der Waals surface area contributed by atoms with E-state index in [2.05, 4.69) is 16.3 Å². The van der Waals surface area contributed by atoms with Crippen LogP contribution in [0.5, 0.6) is 0 Å². The Balaban J connectivity index is 1.82. The zero-order chi connectivity index (χ0) is 11.2. The van der Waals surface area contributed by atoms with Gasteiger partial charge in [0.25, 0.3) is 0 Å². The summed E-state index contributed by atoms with van der Waals surface area (Å²) in [4.78, 5) is 2.46. The molecule has 0 amide bonds. The molecular weight excluding hydrogens is 198 g/mol. The first-order valence-electron chi connectivity index (χ1n) is 5.85. The molecule has 1 saturated heterocycles. The van der Waals surface area contributed by atoms with Gasteiger partial charge in [0.2, 0.25) is 0 Å². The highest BCUT2D eigenvalue weighted by Crippen LogP contribution is 2.13. The van der Waals surface area contributed by atoms with Gasteiger partial charge in [-0.2, -0.15) is 5.26 Å². The summed E-state index contributed by atoms with van der Waals surface area (Å²) in [5, 5.41) is 12.3. The lowest BCUT2D eigenvalue weighted by Gasteiger charge is -2.15. The van der Waals surface area contributed by atoms with E-state index >= 15 is 0 Å². The van der Waals surface area contributed by atoms with Gasteiger partial charge >= 0.3 is 0 Å². The first-order valence-corrected chi connectivity index (χ1v) is 5.85. The average Bonchev–Trinajstić information content (AvgIpc) is 2.83. The van der Waals surface area contributed by atoms with Gasteiger partial charge < -0.3 is 10.2 Å². The molecule has 1 aromatic rings. The highest BCUT2D eigenvalue weighted by molar-refractivity contribution is 5.57. The van der Waals surface area contributed by atoms with Crippen molar-refractivity contribution in [1.82, 2.24) is 4.90 Å². The molecule has 84 valence electrons. The molecule has 1 aliphatic heterocycles.